The normalized spacial score (nSPS) is 13.6. The summed E-state index contributed by atoms with van der Waals surface area (Å²) >= 11 is 0. The van der Waals surface area contributed by atoms with Crippen molar-refractivity contribution >= 4 is 5.69 Å². The molecular formula is C19H34N2. The van der Waals surface area contributed by atoms with E-state index in [1.54, 1.807) is 11.1 Å². The fourth-order valence-corrected chi connectivity index (χ4v) is 2.24. The maximum Gasteiger partial charge on any atom is 0.0362 e. The molecule has 0 spiro atoms. The number of hydrogen-bond acceptors (Lipinski definition) is 2. The second-order valence-corrected chi connectivity index (χ2v) is 5.52. The van der Waals surface area contributed by atoms with E-state index in [4.69, 9.17) is 0 Å². The van der Waals surface area contributed by atoms with Gasteiger partial charge in [0.05, 0.1) is 0 Å². The number of benzene rings is 1. The van der Waals surface area contributed by atoms with E-state index in [0.29, 0.717) is 0 Å². The zero-order valence-corrected chi connectivity index (χ0v) is 14.6. The van der Waals surface area contributed by atoms with Gasteiger partial charge in [0, 0.05) is 12.2 Å². The Morgan fingerprint density at radius 1 is 0.952 bits per heavy atom. The van der Waals surface area contributed by atoms with Crippen molar-refractivity contribution in [2.45, 2.75) is 59.8 Å². The predicted octanol–water partition coefficient (Wildman–Crippen LogP) is 5.29. The lowest BCUT2D eigenvalue weighted by atomic mass is 9.93. The fraction of sp³-hybridized carbons (Fsp3) is 0.579. The highest BCUT2D eigenvalue weighted by Gasteiger charge is 2.08. The molecule has 0 fully saturated rings. The van der Waals surface area contributed by atoms with Crippen LogP contribution < -0.4 is 11.1 Å². The van der Waals surface area contributed by atoms with Crippen molar-refractivity contribution in [2.75, 3.05) is 18.9 Å². The molecule has 0 amide bonds. The van der Waals surface area contributed by atoms with Crippen LogP contribution in [-0.4, -0.2) is 13.6 Å². The summed E-state index contributed by atoms with van der Waals surface area (Å²) in [7, 11) is 1.50. The summed E-state index contributed by atoms with van der Waals surface area (Å²) in [6, 6.07) is 8.64. The first kappa shape index (κ1) is 19.7. The molecule has 1 aromatic rings. The number of hydrogen-bond donors (Lipinski definition) is 2. The standard InChI is InChI=1S/C15H21N.C3H8.CH5N/c1-12-7-9-15(10-8-12)16-11-14-6-4-3-5-13(14)2;1-3-2;1-2/h7-10,16H,3-6,11H2,1-2H3;3H2,1-2H3;2H2,1H3. The third-order valence-corrected chi connectivity index (χ3v) is 3.44. The Bertz CT molecular complexity index is 391. The number of anilines is 1. The largest absolute Gasteiger partial charge is 0.381 e. The molecule has 21 heavy (non-hydrogen) atoms. The predicted molar refractivity (Wildman–Crippen MR) is 96.9 cm³/mol. The van der Waals surface area contributed by atoms with Gasteiger partial charge in [-0.1, -0.05) is 49.1 Å². The Morgan fingerprint density at radius 3 is 2.00 bits per heavy atom. The molecule has 2 heteroatoms. The molecule has 1 aromatic carbocycles. The van der Waals surface area contributed by atoms with Crippen LogP contribution in [0.1, 0.15) is 58.4 Å². The molecule has 0 aliphatic heterocycles. The van der Waals surface area contributed by atoms with E-state index >= 15 is 0 Å². The van der Waals surface area contributed by atoms with Gasteiger partial charge < -0.3 is 11.1 Å². The number of nitrogens with two attached hydrogens (primary N) is 1. The van der Waals surface area contributed by atoms with E-state index < -0.39 is 0 Å². The highest BCUT2D eigenvalue weighted by Crippen LogP contribution is 2.24. The maximum absolute atomic E-state index is 4.50. The van der Waals surface area contributed by atoms with Crippen LogP contribution >= 0.6 is 0 Å². The first-order valence-electron chi connectivity index (χ1n) is 8.23. The van der Waals surface area contributed by atoms with Gasteiger partial charge in [-0.3, -0.25) is 0 Å². The van der Waals surface area contributed by atoms with Crippen LogP contribution in [0.5, 0.6) is 0 Å². The van der Waals surface area contributed by atoms with Gasteiger partial charge in [0.25, 0.3) is 0 Å². The topological polar surface area (TPSA) is 38.0 Å². The van der Waals surface area contributed by atoms with Gasteiger partial charge in [0.1, 0.15) is 0 Å². The second-order valence-electron chi connectivity index (χ2n) is 5.52. The molecule has 2 nitrogen and oxygen atoms in total. The molecule has 3 N–H and O–H groups in total. The quantitative estimate of drug-likeness (QED) is 0.742. The summed E-state index contributed by atoms with van der Waals surface area (Å²) in [5.41, 5.74) is 10.3. The molecule has 0 atom stereocenters. The van der Waals surface area contributed by atoms with Crippen molar-refractivity contribution in [3.8, 4) is 0 Å². The summed E-state index contributed by atoms with van der Waals surface area (Å²) in [5, 5.41) is 3.51. The molecule has 0 heterocycles. The van der Waals surface area contributed by atoms with E-state index in [1.165, 1.54) is 50.4 Å². The van der Waals surface area contributed by atoms with E-state index in [2.05, 4.69) is 63.0 Å². The molecular weight excluding hydrogens is 256 g/mol. The average molecular weight is 290 g/mol. The number of allylic oxidation sites excluding steroid dienone is 1. The van der Waals surface area contributed by atoms with Gasteiger partial charge in [-0.15, -0.1) is 0 Å². The molecule has 0 saturated heterocycles. The van der Waals surface area contributed by atoms with Crippen molar-refractivity contribution in [1.82, 2.24) is 0 Å². The van der Waals surface area contributed by atoms with Crippen LogP contribution in [-0.2, 0) is 0 Å². The Labute approximate surface area is 131 Å². The van der Waals surface area contributed by atoms with Crippen molar-refractivity contribution in [3.63, 3.8) is 0 Å². The van der Waals surface area contributed by atoms with Gasteiger partial charge in [-0.25, -0.2) is 0 Å². The van der Waals surface area contributed by atoms with Crippen LogP contribution in [0.3, 0.4) is 0 Å². The van der Waals surface area contributed by atoms with Crippen LogP contribution in [0, 0.1) is 6.92 Å². The van der Waals surface area contributed by atoms with E-state index in [9.17, 15) is 0 Å². The third-order valence-electron chi connectivity index (χ3n) is 3.44. The minimum atomic E-state index is 1.02. The van der Waals surface area contributed by atoms with Crippen LogP contribution in [0.15, 0.2) is 35.4 Å². The zero-order chi connectivity index (χ0) is 16.1. The molecule has 0 unspecified atom stereocenters. The van der Waals surface area contributed by atoms with Crippen LogP contribution in [0.2, 0.25) is 0 Å². The maximum atomic E-state index is 4.50. The van der Waals surface area contributed by atoms with Crippen molar-refractivity contribution in [2.24, 2.45) is 5.73 Å². The van der Waals surface area contributed by atoms with Crippen molar-refractivity contribution < 1.29 is 0 Å². The molecule has 120 valence electrons. The SMILES string of the molecule is CC1=C(CNc2ccc(C)cc2)CCCC1.CCC.CN. The summed E-state index contributed by atoms with van der Waals surface area (Å²) in [5.74, 6) is 0. The average Bonchev–Trinajstić information content (AvgIpc) is 2.51. The van der Waals surface area contributed by atoms with Crippen LogP contribution in [0.25, 0.3) is 0 Å². The van der Waals surface area contributed by atoms with Gasteiger partial charge in [-0.05, 0) is 58.7 Å². The number of nitrogens with one attached hydrogen (secondary N) is 1. The van der Waals surface area contributed by atoms with Crippen molar-refractivity contribution in [3.05, 3.63) is 41.0 Å². The molecule has 1 aliphatic rings. The van der Waals surface area contributed by atoms with Crippen LogP contribution in [0.4, 0.5) is 5.69 Å². The highest BCUT2D eigenvalue weighted by atomic mass is 14.9. The number of aryl methyl sites for hydroxylation is 1. The van der Waals surface area contributed by atoms with E-state index in [1.807, 2.05) is 0 Å². The lowest BCUT2D eigenvalue weighted by Gasteiger charge is -2.18. The van der Waals surface area contributed by atoms with Gasteiger partial charge in [0.2, 0.25) is 0 Å². The Kier molecular flexibility index (Phi) is 11.7. The van der Waals surface area contributed by atoms with Gasteiger partial charge in [-0.2, -0.15) is 0 Å². The molecule has 1 aliphatic carbocycles. The zero-order valence-electron chi connectivity index (χ0n) is 14.6. The molecule has 2 rings (SSSR count). The molecule has 0 bridgehead atoms. The van der Waals surface area contributed by atoms with E-state index in [-0.39, 0.29) is 0 Å². The number of rotatable bonds is 3. The minimum absolute atomic E-state index is 1.02. The lowest BCUT2D eigenvalue weighted by molar-refractivity contribution is 0.666. The summed E-state index contributed by atoms with van der Waals surface area (Å²) in [6.45, 7) is 9.68. The summed E-state index contributed by atoms with van der Waals surface area (Å²) < 4.78 is 0. The summed E-state index contributed by atoms with van der Waals surface area (Å²) in [4.78, 5) is 0. The Morgan fingerprint density at radius 2 is 1.48 bits per heavy atom. The fourth-order valence-electron chi connectivity index (χ4n) is 2.24. The van der Waals surface area contributed by atoms with Gasteiger partial charge >= 0.3 is 0 Å². The minimum Gasteiger partial charge on any atom is -0.381 e. The van der Waals surface area contributed by atoms with E-state index in [0.717, 1.165) is 6.54 Å². The summed E-state index contributed by atoms with van der Waals surface area (Å²) in [6.07, 6.45) is 6.57. The Balaban J connectivity index is 0.000000713. The second kappa shape index (κ2) is 12.5. The first-order chi connectivity index (χ1) is 10.2. The monoisotopic (exact) mass is 290 g/mol. The smallest absolute Gasteiger partial charge is 0.0362 e. The molecule has 0 aromatic heterocycles. The highest BCUT2D eigenvalue weighted by molar-refractivity contribution is 5.45. The molecule has 0 radical (unpaired) electrons. The lowest BCUT2D eigenvalue weighted by Crippen LogP contribution is -2.09. The van der Waals surface area contributed by atoms with Gasteiger partial charge in [0.15, 0.2) is 0 Å². The first-order valence-corrected chi connectivity index (χ1v) is 8.23. The van der Waals surface area contributed by atoms with Crippen molar-refractivity contribution in [1.29, 1.82) is 0 Å². The third kappa shape index (κ3) is 8.56. The Hall–Kier alpha value is -1.28. The molecule has 0 saturated carbocycles.